The molecule has 7 nitrogen and oxygen atoms in total. The maximum absolute atomic E-state index is 13.2. The average Bonchev–Trinajstić information content (AvgIpc) is 3.31. The van der Waals surface area contributed by atoms with Gasteiger partial charge in [-0.25, -0.2) is 13.4 Å². The molecule has 2 atom stereocenters. The number of hydrogen-bond acceptors (Lipinski definition) is 5. The van der Waals surface area contributed by atoms with Crippen LogP contribution >= 0.6 is 0 Å². The maximum Gasteiger partial charge on any atom is 0.243 e. The van der Waals surface area contributed by atoms with E-state index >= 15 is 0 Å². The van der Waals surface area contributed by atoms with Crippen molar-refractivity contribution in [2.24, 2.45) is 0 Å². The minimum Gasteiger partial charge on any atom is -0.493 e. The Balaban J connectivity index is 1.71. The van der Waals surface area contributed by atoms with Crippen molar-refractivity contribution >= 4 is 10.0 Å². The number of aromatic amines is 1. The maximum atomic E-state index is 13.2. The van der Waals surface area contributed by atoms with E-state index in [0.29, 0.717) is 30.3 Å². The first-order valence-electron chi connectivity index (χ1n) is 7.89. The van der Waals surface area contributed by atoms with Crippen molar-refractivity contribution < 1.29 is 17.9 Å². The van der Waals surface area contributed by atoms with Crippen LogP contribution in [0.1, 0.15) is 23.9 Å². The molecule has 0 radical (unpaired) electrons. The first kappa shape index (κ1) is 15.6. The van der Waals surface area contributed by atoms with E-state index in [4.69, 9.17) is 9.47 Å². The molecule has 128 valence electrons. The van der Waals surface area contributed by atoms with Gasteiger partial charge < -0.3 is 14.5 Å². The van der Waals surface area contributed by atoms with Crippen LogP contribution in [0.5, 0.6) is 5.75 Å². The van der Waals surface area contributed by atoms with Crippen LogP contribution in [0.2, 0.25) is 0 Å². The highest BCUT2D eigenvalue weighted by Gasteiger charge is 2.42. The summed E-state index contributed by atoms with van der Waals surface area (Å²) >= 11 is 0. The second-order valence-electron chi connectivity index (χ2n) is 6.03. The number of methoxy groups -OCH3 is 1. The van der Waals surface area contributed by atoms with Crippen LogP contribution in [0.25, 0.3) is 0 Å². The van der Waals surface area contributed by atoms with Gasteiger partial charge in [0.05, 0.1) is 23.6 Å². The summed E-state index contributed by atoms with van der Waals surface area (Å²) in [5, 5.41) is 0. The zero-order chi connectivity index (χ0) is 16.7. The van der Waals surface area contributed by atoms with E-state index in [0.717, 1.165) is 17.7 Å². The lowest BCUT2D eigenvalue weighted by atomic mass is 10.2. The Labute approximate surface area is 140 Å². The fraction of sp³-hybridized carbons (Fsp3) is 0.438. The van der Waals surface area contributed by atoms with Gasteiger partial charge in [-0.2, -0.15) is 4.31 Å². The quantitative estimate of drug-likeness (QED) is 0.904. The summed E-state index contributed by atoms with van der Waals surface area (Å²) in [5.41, 5.74) is 0.938. The summed E-state index contributed by atoms with van der Waals surface area (Å²) in [4.78, 5) is 7.56. The van der Waals surface area contributed by atoms with Gasteiger partial charge in [0.1, 0.15) is 11.6 Å². The van der Waals surface area contributed by atoms with Gasteiger partial charge in [-0.15, -0.1) is 0 Å². The smallest absolute Gasteiger partial charge is 0.243 e. The lowest BCUT2D eigenvalue weighted by Gasteiger charge is -2.22. The number of rotatable bonds is 4. The van der Waals surface area contributed by atoms with Crippen LogP contribution in [0.4, 0.5) is 0 Å². The zero-order valence-electron chi connectivity index (χ0n) is 13.3. The monoisotopic (exact) mass is 349 g/mol. The molecule has 2 aromatic rings. The number of imidazole rings is 1. The second-order valence-corrected chi connectivity index (χ2v) is 7.92. The van der Waals surface area contributed by atoms with Crippen LogP contribution in [0.15, 0.2) is 35.5 Å². The highest BCUT2D eigenvalue weighted by molar-refractivity contribution is 7.89. The topological polar surface area (TPSA) is 84.5 Å². The molecule has 0 spiro atoms. The molecular formula is C16H19N3O4S. The molecule has 1 N–H and O–H groups in total. The van der Waals surface area contributed by atoms with E-state index in [1.54, 1.807) is 37.7 Å². The zero-order valence-corrected chi connectivity index (χ0v) is 14.1. The lowest BCUT2D eigenvalue weighted by molar-refractivity contribution is 0.114. The SMILES string of the molecule is CO[C@@H]1CC(c2ncc[nH]2)N(S(=O)(=O)c2ccc3c(c2)CCO3)C1. The van der Waals surface area contributed by atoms with E-state index in [2.05, 4.69) is 9.97 Å². The Morgan fingerprint density at radius 3 is 3.04 bits per heavy atom. The number of ether oxygens (including phenoxy) is 2. The van der Waals surface area contributed by atoms with Gasteiger partial charge in [0, 0.05) is 32.5 Å². The van der Waals surface area contributed by atoms with Crippen LogP contribution in [0.3, 0.4) is 0 Å². The predicted molar refractivity (Wildman–Crippen MR) is 86.3 cm³/mol. The Hall–Kier alpha value is -1.90. The Morgan fingerprint density at radius 1 is 1.42 bits per heavy atom. The van der Waals surface area contributed by atoms with Gasteiger partial charge in [-0.05, 0) is 30.2 Å². The Bertz CT molecular complexity index is 835. The molecule has 1 saturated heterocycles. The van der Waals surface area contributed by atoms with Crippen molar-refractivity contribution in [2.75, 3.05) is 20.3 Å². The fourth-order valence-corrected chi connectivity index (χ4v) is 5.06. The first-order valence-corrected chi connectivity index (χ1v) is 9.33. The summed E-state index contributed by atoms with van der Waals surface area (Å²) in [5.74, 6) is 1.41. The third-order valence-corrected chi connectivity index (χ3v) is 6.52. The molecule has 0 amide bonds. The van der Waals surface area contributed by atoms with Crippen LogP contribution in [0, 0.1) is 0 Å². The number of H-pyrrole nitrogens is 1. The van der Waals surface area contributed by atoms with Crippen LogP contribution in [-0.4, -0.2) is 49.1 Å². The molecule has 0 bridgehead atoms. The molecule has 24 heavy (non-hydrogen) atoms. The number of fused-ring (bicyclic) bond motifs is 1. The summed E-state index contributed by atoms with van der Waals surface area (Å²) in [6.07, 6.45) is 4.51. The van der Waals surface area contributed by atoms with Crippen molar-refractivity contribution in [3.63, 3.8) is 0 Å². The van der Waals surface area contributed by atoms with E-state index in [1.165, 1.54) is 4.31 Å². The van der Waals surface area contributed by atoms with Gasteiger partial charge in [0.15, 0.2) is 0 Å². The van der Waals surface area contributed by atoms with E-state index in [1.807, 2.05) is 0 Å². The molecule has 1 fully saturated rings. The molecule has 1 aromatic heterocycles. The van der Waals surface area contributed by atoms with Crippen molar-refractivity contribution in [1.29, 1.82) is 0 Å². The van der Waals surface area contributed by atoms with Gasteiger partial charge in [-0.3, -0.25) is 0 Å². The van der Waals surface area contributed by atoms with Crippen LogP contribution in [-0.2, 0) is 21.2 Å². The van der Waals surface area contributed by atoms with E-state index in [9.17, 15) is 8.42 Å². The molecule has 4 rings (SSSR count). The minimum absolute atomic E-state index is 0.146. The van der Waals surface area contributed by atoms with Gasteiger partial charge >= 0.3 is 0 Å². The minimum atomic E-state index is -3.64. The van der Waals surface area contributed by atoms with Crippen molar-refractivity contribution in [3.05, 3.63) is 42.0 Å². The van der Waals surface area contributed by atoms with Crippen molar-refractivity contribution in [3.8, 4) is 5.75 Å². The normalized spacial score (nSPS) is 24.0. The molecule has 2 aliphatic heterocycles. The number of sulfonamides is 1. The Kier molecular flexibility index (Phi) is 3.82. The van der Waals surface area contributed by atoms with Gasteiger partial charge in [-0.1, -0.05) is 0 Å². The molecule has 8 heteroatoms. The summed E-state index contributed by atoms with van der Waals surface area (Å²) < 4.78 is 38.7. The standard InChI is InChI=1S/C16H19N3O4S/c1-22-12-9-14(16-17-5-6-18-16)19(10-12)24(20,21)13-2-3-15-11(8-13)4-7-23-15/h2-3,5-6,8,12,14H,4,7,9-10H2,1H3,(H,17,18)/t12-,14?/m1/s1. The summed E-state index contributed by atoms with van der Waals surface area (Å²) in [6.45, 7) is 0.918. The number of nitrogens with zero attached hydrogens (tertiary/aromatic N) is 2. The Morgan fingerprint density at radius 2 is 2.29 bits per heavy atom. The van der Waals surface area contributed by atoms with Crippen molar-refractivity contribution in [1.82, 2.24) is 14.3 Å². The summed E-state index contributed by atoms with van der Waals surface area (Å²) in [7, 11) is -2.04. The lowest BCUT2D eigenvalue weighted by Crippen LogP contribution is -2.32. The fourth-order valence-electron chi connectivity index (χ4n) is 3.37. The largest absolute Gasteiger partial charge is 0.493 e. The number of nitrogens with one attached hydrogen (secondary N) is 1. The van der Waals surface area contributed by atoms with Gasteiger partial charge in [0.2, 0.25) is 10.0 Å². The molecule has 1 aromatic carbocycles. The van der Waals surface area contributed by atoms with Crippen LogP contribution < -0.4 is 4.74 Å². The highest BCUT2D eigenvalue weighted by atomic mass is 32.2. The number of benzene rings is 1. The first-order chi connectivity index (χ1) is 11.6. The van der Waals surface area contributed by atoms with Crippen molar-refractivity contribution in [2.45, 2.75) is 29.9 Å². The number of aromatic nitrogens is 2. The van der Waals surface area contributed by atoms with E-state index < -0.39 is 10.0 Å². The third-order valence-electron chi connectivity index (χ3n) is 4.65. The molecular weight excluding hydrogens is 330 g/mol. The summed E-state index contributed by atoms with van der Waals surface area (Å²) in [6, 6.07) is 4.72. The molecule has 2 aliphatic rings. The molecule has 3 heterocycles. The molecule has 0 saturated carbocycles. The second kappa shape index (κ2) is 5.87. The average molecular weight is 349 g/mol. The molecule has 0 aliphatic carbocycles. The van der Waals surface area contributed by atoms with E-state index in [-0.39, 0.29) is 12.1 Å². The number of hydrogen-bond donors (Lipinski definition) is 1. The predicted octanol–water partition coefficient (Wildman–Crippen LogP) is 1.50. The van der Waals surface area contributed by atoms with Gasteiger partial charge in [0.25, 0.3) is 0 Å². The molecule has 1 unspecified atom stereocenters. The third kappa shape index (κ3) is 2.51. The highest BCUT2D eigenvalue weighted by Crippen LogP contribution is 2.37.